The summed E-state index contributed by atoms with van der Waals surface area (Å²) in [5.41, 5.74) is 0.947. The quantitative estimate of drug-likeness (QED) is 0.636. The molecule has 1 N–H and O–H groups in total. The third-order valence-corrected chi connectivity index (χ3v) is 7.29. The second kappa shape index (κ2) is 8.99. The van der Waals surface area contributed by atoms with Gasteiger partial charge in [-0.1, -0.05) is 30.7 Å². The molecule has 0 aliphatic carbocycles. The summed E-state index contributed by atoms with van der Waals surface area (Å²) in [6, 6.07) is 12.0. The number of rotatable bonds is 6. The van der Waals surface area contributed by atoms with Crippen LogP contribution >= 0.6 is 0 Å². The molecule has 4 rings (SSSR count). The number of carbonyl (C=O) groups excluding carboxylic acids is 1. The smallest absolute Gasteiger partial charge is 0.243 e. The number of benzene rings is 2. The Morgan fingerprint density at radius 1 is 1.16 bits per heavy atom. The Hall–Kier alpha value is -3.04. The van der Waals surface area contributed by atoms with E-state index in [9.17, 15) is 17.6 Å². The molecule has 162 valence electrons. The lowest BCUT2D eigenvalue weighted by Gasteiger charge is -2.33. The van der Waals surface area contributed by atoms with Crippen molar-refractivity contribution in [3.63, 3.8) is 0 Å². The van der Waals surface area contributed by atoms with Gasteiger partial charge in [-0.25, -0.2) is 17.8 Å². The van der Waals surface area contributed by atoms with Crippen molar-refractivity contribution in [2.75, 3.05) is 6.54 Å². The van der Waals surface area contributed by atoms with Crippen LogP contribution in [0.4, 0.5) is 4.39 Å². The van der Waals surface area contributed by atoms with Gasteiger partial charge in [-0.3, -0.25) is 4.79 Å². The van der Waals surface area contributed by atoms with E-state index in [1.54, 1.807) is 47.3 Å². The lowest BCUT2D eigenvalue weighted by molar-refractivity contribution is -0.125. The average Bonchev–Trinajstić information content (AvgIpc) is 3.33. The van der Waals surface area contributed by atoms with Gasteiger partial charge in [0.15, 0.2) is 0 Å². The van der Waals surface area contributed by atoms with Crippen molar-refractivity contribution < 1.29 is 17.6 Å². The minimum Gasteiger partial charge on any atom is -0.351 e. The zero-order valence-corrected chi connectivity index (χ0v) is 17.6. The molecule has 1 aliphatic rings. The van der Waals surface area contributed by atoms with E-state index in [0.717, 1.165) is 6.42 Å². The predicted molar refractivity (Wildman–Crippen MR) is 113 cm³/mol. The Balaban J connectivity index is 1.46. The van der Waals surface area contributed by atoms with Gasteiger partial charge in [0.2, 0.25) is 15.9 Å². The number of amides is 1. The number of hydrogen-bond acceptors (Lipinski definition) is 4. The monoisotopic (exact) mass is 442 g/mol. The van der Waals surface area contributed by atoms with E-state index in [1.807, 2.05) is 0 Å². The van der Waals surface area contributed by atoms with Gasteiger partial charge in [-0.15, -0.1) is 0 Å². The third-order valence-electron chi connectivity index (χ3n) is 5.37. The van der Waals surface area contributed by atoms with Crippen molar-refractivity contribution in [1.82, 2.24) is 19.2 Å². The van der Waals surface area contributed by atoms with Crippen molar-refractivity contribution in [2.24, 2.45) is 0 Å². The summed E-state index contributed by atoms with van der Waals surface area (Å²) < 4.78 is 43.4. The van der Waals surface area contributed by atoms with Gasteiger partial charge in [0.05, 0.1) is 16.9 Å². The molecule has 0 bridgehead atoms. The minimum absolute atomic E-state index is 0.107. The van der Waals surface area contributed by atoms with E-state index in [4.69, 9.17) is 0 Å². The summed E-state index contributed by atoms with van der Waals surface area (Å²) in [4.78, 5) is 17.0. The predicted octanol–water partition coefficient (Wildman–Crippen LogP) is 2.87. The molecular weight excluding hydrogens is 419 g/mol. The fourth-order valence-electron chi connectivity index (χ4n) is 3.76. The summed E-state index contributed by atoms with van der Waals surface area (Å²) in [6.07, 6.45) is 6.64. The van der Waals surface area contributed by atoms with E-state index in [-0.39, 0.29) is 17.3 Å². The van der Waals surface area contributed by atoms with Crippen molar-refractivity contribution in [1.29, 1.82) is 0 Å². The van der Waals surface area contributed by atoms with Crippen LogP contribution in [-0.2, 0) is 21.4 Å². The van der Waals surface area contributed by atoms with E-state index >= 15 is 0 Å². The van der Waals surface area contributed by atoms with Crippen LogP contribution in [0.3, 0.4) is 0 Å². The van der Waals surface area contributed by atoms with E-state index < -0.39 is 21.9 Å². The summed E-state index contributed by atoms with van der Waals surface area (Å²) >= 11 is 0. The highest BCUT2D eigenvalue weighted by Gasteiger charge is 2.37. The van der Waals surface area contributed by atoms with Crippen LogP contribution in [-0.4, -0.2) is 40.8 Å². The number of sulfonamides is 1. The van der Waals surface area contributed by atoms with Crippen LogP contribution in [0.5, 0.6) is 0 Å². The molecule has 1 unspecified atom stereocenters. The number of hydrogen-bond donors (Lipinski definition) is 1. The Morgan fingerprint density at radius 3 is 2.68 bits per heavy atom. The van der Waals surface area contributed by atoms with Crippen molar-refractivity contribution in [3.05, 3.63) is 78.6 Å². The number of halogens is 1. The first-order chi connectivity index (χ1) is 15.0. The van der Waals surface area contributed by atoms with Crippen LogP contribution in [0, 0.1) is 5.82 Å². The Labute approximate surface area is 180 Å². The molecule has 3 aromatic rings. The molecule has 0 radical (unpaired) electrons. The largest absolute Gasteiger partial charge is 0.351 e. The van der Waals surface area contributed by atoms with Crippen molar-refractivity contribution >= 4 is 15.9 Å². The summed E-state index contributed by atoms with van der Waals surface area (Å²) in [6.45, 7) is 0.402. The summed E-state index contributed by atoms with van der Waals surface area (Å²) in [5, 5.41) is 2.77. The summed E-state index contributed by atoms with van der Waals surface area (Å²) in [5.74, 6) is -0.811. The molecule has 1 aliphatic heterocycles. The topological polar surface area (TPSA) is 84.3 Å². The lowest BCUT2D eigenvalue weighted by Crippen LogP contribution is -2.51. The normalized spacial score (nSPS) is 17.4. The van der Waals surface area contributed by atoms with E-state index in [0.29, 0.717) is 30.6 Å². The number of nitrogens with zero attached hydrogens (tertiary/aromatic N) is 3. The lowest BCUT2D eigenvalue weighted by atomic mass is 10.0. The van der Waals surface area contributed by atoms with Crippen LogP contribution in [0.1, 0.15) is 24.8 Å². The number of imidazole rings is 1. The van der Waals surface area contributed by atoms with Gasteiger partial charge in [-0.05, 0) is 42.7 Å². The van der Waals surface area contributed by atoms with Crippen molar-refractivity contribution in [3.8, 4) is 5.69 Å². The molecule has 2 heterocycles. The second-order valence-corrected chi connectivity index (χ2v) is 9.30. The first-order valence-electron chi connectivity index (χ1n) is 10.1. The maximum atomic E-state index is 14.4. The first kappa shape index (κ1) is 21.2. The maximum absolute atomic E-state index is 14.4. The van der Waals surface area contributed by atoms with Gasteiger partial charge in [0.25, 0.3) is 0 Å². The molecule has 7 nitrogen and oxygen atoms in total. The zero-order valence-electron chi connectivity index (χ0n) is 16.8. The number of aromatic nitrogens is 2. The minimum atomic E-state index is -3.77. The molecule has 0 saturated carbocycles. The molecule has 31 heavy (non-hydrogen) atoms. The number of carbonyl (C=O) groups is 1. The second-order valence-electron chi connectivity index (χ2n) is 7.41. The molecule has 0 spiro atoms. The molecule has 1 aromatic heterocycles. The summed E-state index contributed by atoms with van der Waals surface area (Å²) in [7, 11) is -3.77. The zero-order chi connectivity index (χ0) is 21.8. The Kier molecular flexibility index (Phi) is 6.15. The Bertz CT molecular complexity index is 1150. The average molecular weight is 443 g/mol. The highest BCUT2D eigenvalue weighted by Crippen LogP contribution is 2.25. The SMILES string of the molecule is O=C(NCc1ccc(-n2ccnc2)c(F)c1)C1CCCCN1S(=O)(=O)c1ccccc1. The fourth-order valence-corrected chi connectivity index (χ4v) is 5.44. The molecule has 1 atom stereocenters. The van der Waals surface area contributed by atoms with Gasteiger partial charge in [-0.2, -0.15) is 4.31 Å². The molecule has 9 heteroatoms. The highest BCUT2D eigenvalue weighted by atomic mass is 32.2. The van der Waals surface area contributed by atoms with Gasteiger partial charge < -0.3 is 9.88 Å². The van der Waals surface area contributed by atoms with E-state index in [1.165, 1.54) is 28.8 Å². The standard InChI is InChI=1S/C22H23FN4O3S/c23-19-14-17(9-10-20(19)26-13-11-24-16-26)15-25-22(28)21-8-4-5-12-27(21)31(29,30)18-6-2-1-3-7-18/h1-3,6-7,9-11,13-14,16,21H,4-5,8,12,15H2,(H,25,28). The molecular formula is C22H23FN4O3S. The molecule has 1 fully saturated rings. The van der Waals surface area contributed by atoms with Crippen LogP contribution in [0.2, 0.25) is 0 Å². The third kappa shape index (κ3) is 4.52. The van der Waals surface area contributed by atoms with Crippen LogP contribution in [0.25, 0.3) is 5.69 Å². The first-order valence-corrected chi connectivity index (χ1v) is 11.5. The fraction of sp³-hybridized carbons (Fsp3) is 0.273. The van der Waals surface area contributed by atoms with Crippen LogP contribution in [0.15, 0.2) is 72.1 Å². The van der Waals surface area contributed by atoms with Gasteiger partial charge in [0, 0.05) is 25.5 Å². The maximum Gasteiger partial charge on any atom is 0.243 e. The highest BCUT2D eigenvalue weighted by molar-refractivity contribution is 7.89. The van der Waals surface area contributed by atoms with Crippen molar-refractivity contribution in [2.45, 2.75) is 36.7 Å². The van der Waals surface area contributed by atoms with E-state index in [2.05, 4.69) is 10.3 Å². The van der Waals surface area contributed by atoms with Crippen LogP contribution < -0.4 is 5.32 Å². The van der Waals surface area contributed by atoms with Gasteiger partial charge in [0.1, 0.15) is 11.9 Å². The molecule has 1 amide bonds. The number of nitrogens with one attached hydrogen (secondary N) is 1. The Morgan fingerprint density at radius 2 is 1.97 bits per heavy atom. The number of piperidine rings is 1. The van der Waals surface area contributed by atoms with Gasteiger partial charge >= 0.3 is 0 Å². The molecule has 2 aromatic carbocycles. The molecule has 1 saturated heterocycles.